The highest BCUT2D eigenvalue weighted by Gasteiger charge is 2.24. The molecule has 2 nitrogen and oxygen atoms in total. The van der Waals surface area contributed by atoms with Gasteiger partial charge in [-0.05, 0) is 85.0 Å². The SMILES string of the molecule is CC(C)(C)c1cc(C(=C=C=C(C#N)C#N)c2cc(C(C)(C)C)cc(C(C)(C)C)c2)cc(C(C)(C)C)c1. The Labute approximate surface area is 219 Å². The molecule has 0 amide bonds. The molecule has 36 heavy (non-hydrogen) atoms. The van der Waals surface area contributed by atoms with Crippen molar-refractivity contribution in [2.45, 2.75) is 105 Å². The van der Waals surface area contributed by atoms with Gasteiger partial charge in [-0.3, -0.25) is 0 Å². The highest BCUT2D eigenvalue weighted by atomic mass is 14.3. The summed E-state index contributed by atoms with van der Waals surface area (Å²) in [6.45, 7) is 26.7. The molecular weight excluding hydrogens is 436 g/mol. The Morgan fingerprint density at radius 3 is 0.972 bits per heavy atom. The predicted octanol–water partition coefficient (Wildman–Crippen LogP) is 9.04. The number of rotatable bonds is 2. The Morgan fingerprint density at radius 2 is 0.750 bits per heavy atom. The number of nitriles is 2. The van der Waals surface area contributed by atoms with Crippen molar-refractivity contribution in [2.24, 2.45) is 0 Å². The van der Waals surface area contributed by atoms with Crippen LogP contribution in [-0.2, 0) is 21.7 Å². The van der Waals surface area contributed by atoms with E-state index in [0.717, 1.165) is 16.7 Å². The summed E-state index contributed by atoms with van der Waals surface area (Å²) >= 11 is 0. The molecule has 2 aromatic rings. The molecule has 0 radical (unpaired) electrons. The van der Waals surface area contributed by atoms with Crippen LogP contribution < -0.4 is 0 Å². The predicted molar refractivity (Wildman–Crippen MR) is 152 cm³/mol. The molecule has 0 bridgehead atoms. The smallest absolute Gasteiger partial charge is 0.179 e. The molecule has 188 valence electrons. The summed E-state index contributed by atoms with van der Waals surface area (Å²) in [5.41, 5.74) is 13.6. The van der Waals surface area contributed by atoms with Crippen molar-refractivity contribution in [3.8, 4) is 12.1 Å². The fraction of sp³-hybridized carbons (Fsp3) is 0.471. The van der Waals surface area contributed by atoms with Gasteiger partial charge in [0.25, 0.3) is 0 Å². The largest absolute Gasteiger partial charge is 0.191 e. The normalized spacial score (nSPS) is 12.2. The zero-order chi connectivity index (χ0) is 27.7. The summed E-state index contributed by atoms with van der Waals surface area (Å²) in [6, 6.07) is 17.3. The minimum atomic E-state index is -0.0847. The first-order valence-electron chi connectivity index (χ1n) is 12.7. The van der Waals surface area contributed by atoms with E-state index in [4.69, 9.17) is 0 Å². The van der Waals surface area contributed by atoms with Crippen LogP contribution in [0.25, 0.3) is 5.57 Å². The van der Waals surface area contributed by atoms with Gasteiger partial charge in [0.2, 0.25) is 0 Å². The van der Waals surface area contributed by atoms with Crippen molar-refractivity contribution in [3.05, 3.63) is 86.8 Å². The molecule has 0 fully saturated rings. The van der Waals surface area contributed by atoms with Crippen molar-refractivity contribution in [2.75, 3.05) is 0 Å². The lowest BCUT2D eigenvalue weighted by Gasteiger charge is -2.28. The quantitative estimate of drug-likeness (QED) is 0.319. The summed E-state index contributed by atoms with van der Waals surface area (Å²) in [4.78, 5) is 0. The van der Waals surface area contributed by atoms with E-state index in [-0.39, 0.29) is 27.2 Å². The molecule has 0 spiro atoms. The molecule has 2 heteroatoms. The average Bonchev–Trinajstić information content (AvgIpc) is 2.74. The summed E-state index contributed by atoms with van der Waals surface area (Å²) in [5.74, 6) is 0. The maximum atomic E-state index is 9.36. The molecule has 0 atom stereocenters. The maximum absolute atomic E-state index is 9.36. The molecular formula is C34H42N2. The third-order valence-corrected chi connectivity index (χ3v) is 6.44. The van der Waals surface area contributed by atoms with Gasteiger partial charge in [-0.1, -0.05) is 101 Å². The minimum absolute atomic E-state index is 0.0467. The summed E-state index contributed by atoms with van der Waals surface area (Å²) < 4.78 is 0. The second-order valence-corrected chi connectivity index (χ2v) is 13.8. The maximum Gasteiger partial charge on any atom is 0.179 e. The van der Waals surface area contributed by atoms with Crippen LogP contribution in [0, 0.1) is 22.7 Å². The van der Waals surface area contributed by atoms with E-state index in [2.05, 4.69) is 131 Å². The van der Waals surface area contributed by atoms with Gasteiger partial charge in [0.15, 0.2) is 5.57 Å². The molecule has 0 aliphatic heterocycles. The van der Waals surface area contributed by atoms with E-state index < -0.39 is 0 Å². The Morgan fingerprint density at radius 1 is 0.472 bits per heavy atom. The van der Waals surface area contributed by atoms with Gasteiger partial charge in [-0.25, -0.2) is 0 Å². The lowest BCUT2D eigenvalue weighted by molar-refractivity contribution is 0.568. The standard InChI is InChI=1S/C34H42N2/c1-31(2,3)26-15-24(16-27(19-26)32(4,5)6)30(14-13-23(21-35)22-36)25-17-28(33(7,8)9)20-29(18-25)34(10,11)12/h15-20H,1-12H3. The van der Waals surface area contributed by atoms with Gasteiger partial charge in [-0.15, -0.1) is 0 Å². The van der Waals surface area contributed by atoms with Crippen LogP contribution in [0.2, 0.25) is 0 Å². The molecule has 0 saturated carbocycles. The number of allylic oxidation sites excluding steroid dienone is 1. The minimum Gasteiger partial charge on any atom is -0.191 e. The summed E-state index contributed by atoms with van der Waals surface area (Å²) in [6.07, 6.45) is 0. The van der Waals surface area contributed by atoms with Crippen LogP contribution >= 0.6 is 0 Å². The van der Waals surface area contributed by atoms with Crippen LogP contribution in [0.5, 0.6) is 0 Å². The van der Waals surface area contributed by atoms with Crippen LogP contribution in [0.3, 0.4) is 0 Å². The summed E-state index contributed by atoms with van der Waals surface area (Å²) in [7, 11) is 0. The molecule has 0 heterocycles. The molecule has 0 unspecified atom stereocenters. The average molecular weight is 479 g/mol. The van der Waals surface area contributed by atoms with Gasteiger partial charge >= 0.3 is 0 Å². The molecule has 2 aromatic carbocycles. The highest BCUT2D eigenvalue weighted by molar-refractivity contribution is 5.81. The van der Waals surface area contributed by atoms with Crippen LogP contribution in [0.1, 0.15) is 116 Å². The first-order chi connectivity index (χ1) is 16.3. The van der Waals surface area contributed by atoms with Crippen molar-refractivity contribution in [3.63, 3.8) is 0 Å². The second kappa shape index (κ2) is 10.00. The van der Waals surface area contributed by atoms with Crippen molar-refractivity contribution < 1.29 is 0 Å². The number of nitrogens with zero attached hydrogens (tertiary/aromatic N) is 2. The van der Waals surface area contributed by atoms with Crippen LogP contribution in [-0.4, -0.2) is 0 Å². The van der Waals surface area contributed by atoms with Gasteiger partial charge in [-0.2, -0.15) is 10.5 Å². The van der Waals surface area contributed by atoms with Crippen molar-refractivity contribution >= 4 is 5.57 Å². The molecule has 0 aliphatic rings. The van der Waals surface area contributed by atoms with Crippen LogP contribution in [0.15, 0.2) is 53.4 Å². The molecule has 2 rings (SSSR count). The molecule has 0 aromatic heterocycles. The van der Waals surface area contributed by atoms with Crippen molar-refractivity contribution in [1.29, 1.82) is 10.5 Å². The van der Waals surface area contributed by atoms with E-state index >= 15 is 0 Å². The van der Waals surface area contributed by atoms with Crippen LogP contribution in [0.4, 0.5) is 0 Å². The van der Waals surface area contributed by atoms with Gasteiger partial charge in [0.05, 0.1) is 0 Å². The van der Waals surface area contributed by atoms with Gasteiger partial charge in [0, 0.05) is 5.57 Å². The fourth-order valence-electron chi connectivity index (χ4n) is 3.79. The number of benzene rings is 2. The zero-order valence-electron chi connectivity index (χ0n) is 24.4. The van der Waals surface area contributed by atoms with E-state index in [0.29, 0.717) is 0 Å². The molecule has 0 saturated heterocycles. The zero-order valence-corrected chi connectivity index (χ0v) is 24.4. The van der Waals surface area contributed by atoms with Gasteiger partial charge < -0.3 is 0 Å². The Hall–Kier alpha value is -3.28. The summed E-state index contributed by atoms with van der Waals surface area (Å²) in [5, 5.41) is 18.7. The highest BCUT2D eigenvalue weighted by Crippen LogP contribution is 2.37. The fourth-order valence-corrected chi connectivity index (χ4v) is 3.79. The Balaban J connectivity index is 3.14. The Bertz CT molecular complexity index is 1170. The van der Waals surface area contributed by atoms with E-state index in [9.17, 15) is 10.5 Å². The first kappa shape index (κ1) is 29.0. The number of hydrogen-bond donors (Lipinski definition) is 0. The van der Waals surface area contributed by atoms with Gasteiger partial charge in [0.1, 0.15) is 12.1 Å². The molecule has 0 N–H and O–H groups in total. The lowest BCUT2D eigenvalue weighted by Crippen LogP contribution is -2.18. The van der Waals surface area contributed by atoms with E-state index in [1.54, 1.807) is 0 Å². The number of hydrogen-bond acceptors (Lipinski definition) is 2. The first-order valence-corrected chi connectivity index (χ1v) is 12.7. The van der Waals surface area contributed by atoms with E-state index in [1.807, 2.05) is 12.1 Å². The second-order valence-electron chi connectivity index (χ2n) is 13.8. The third kappa shape index (κ3) is 7.12. The Kier molecular flexibility index (Phi) is 8.04. The third-order valence-electron chi connectivity index (χ3n) is 6.44. The monoisotopic (exact) mass is 478 g/mol. The molecule has 0 aliphatic carbocycles. The lowest BCUT2D eigenvalue weighted by atomic mass is 9.76. The van der Waals surface area contributed by atoms with E-state index in [1.165, 1.54) is 22.3 Å². The topological polar surface area (TPSA) is 47.6 Å². The van der Waals surface area contributed by atoms with Crippen molar-refractivity contribution in [1.82, 2.24) is 0 Å².